The third kappa shape index (κ3) is 2.56. The van der Waals surface area contributed by atoms with Gasteiger partial charge in [0.15, 0.2) is 0 Å². The van der Waals surface area contributed by atoms with E-state index in [1.165, 1.54) is 0 Å². The van der Waals surface area contributed by atoms with Gasteiger partial charge in [-0.15, -0.1) is 0 Å². The molecule has 1 N–H and O–H groups in total. The molecule has 1 aliphatic carbocycles. The van der Waals surface area contributed by atoms with Crippen LogP contribution in [0.4, 0.5) is 13.2 Å². The average Bonchev–Trinajstić information content (AvgIpc) is 2.59. The molecule has 2 atom stereocenters. The minimum atomic E-state index is -4.33. The molecule has 0 spiro atoms. The molecule has 0 radical (unpaired) electrons. The SMILES string of the molecule is O=C(O)C1CC1C=CC(F)(F)F. The Kier molecular flexibility index (Phi) is 2.12. The van der Waals surface area contributed by atoms with Crippen LogP contribution in [0.3, 0.4) is 0 Å². The lowest BCUT2D eigenvalue weighted by molar-refractivity contribution is -0.138. The van der Waals surface area contributed by atoms with Crippen molar-refractivity contribution < 1.29 is 23.1 Å². The second kappa shape index (κ2) is 2.80. The number of carboxylic acids is 1. The van der Waals surface area contributed by atoms with Crippen LogP contribution in [0, 0.1) is 11.8 Å². The third-order valence-corrected chi connectivity index (χ3v) is 1.69. The number of hydrogen-bond acceptors (Lipinski definition) is 1. The fourth-order valence-electron chi connectivity index (χ4n) is 0.944. The number of carboxylic acid groups (broad SMARTS) is 1. The molecule has 0 aromatic rings. The second-order valence-corrected chi connectivity index (χ2v) is 2.75. The van der Waals surface area contributed by atoms with Crippen molar-refractivity contribution in [3.8, 4) is 0 Å². The lowest BCUT2D eigenvalue weighted by atomic mass is 10.3. The Morgan fingerprint density at radius 3 is 2.42 bits per heavy atom. The fraction of sp³-hybridized carbons (Fsp3) is 0.571. The summed E-state index contributed by atoms with van der Waals surface area (Å²) in [5.41, 5.74) is 0. The summed E-state index contributed by atoms with van der Waals surface area (Å²) >= 11 is 0. The zero-order valence-corrected chi connectivity index (χ0v) is 6.01. The molecule has 0 saturated heterocycles. The average molecular weight is 180 g/mol. The van der Waals surface area contributed by atoms with E-state index in [0.29, 0.717) is 6.42 Å². The maximum atomic E-state index is 11.5. The van der Waals surface area contributed by atoms with Gasteiger partial charge in [0.05, 0.1) is 5.92 Å². The first-order valence-electron chi connectivity index (χ1n) is 3.39. The predicted octanol–water partition coefficient (Wildman–Crippen LogP) is 1.83. The van der Waals surface area contributed by atoms with Gasteiger partial charge in [-0.1, -0.05) is 6.08 Å². The van der Waals surface area contributed by atoms with Crippen LogP contribution in [0.2, 0.25) is 0 Å². The van der Waals surface area contributed by atoms with E-state index in [0.717, 1.165) is 6.08 Å². The number of allylic oxidation sites excluding steroid dienone is 2. The summed E-state index contributed by atoms with van der Waals surface area (Å²) in [6.07, 6.45) is -2.99. The Bertz CT molecular complexity index is 219. The molecular formula is C7H7F3O2. The van der Waals surface area contributed by atoms with Crippen molar-refractivity contribution >= 4 is 5.97 Å². The van der Waals surface area contributed by atoms with Crippen LogP contribution < -0.4 is 0 Å². The normalized spacial score (nSPS) is 29.2. The van der Waals surface area contributed by atoms with Crippen molar-refractivity contribution in [2.24, 2.45) is 11.8 Å². The predicted molar refractivity (Wildman–Crippen MR) is 34.4 cm³/mol. The van der Waals surface area contributed by atoms with Crippen molar-refractivity contribution in [3.05, 3.63) is 12.2 Å². The summed E-state index contributed by atoms with van der Waals surface area (Å²) in [5.74, 6) is -2.06. The van der Waals surface area contributed by atoms with Gasteiger partial charge in [0.25, 0.3) is 0 Å². The van der Waals surface area contributed by atoms with Gasteiger partial charge in [0.2, 0.25) is 0 Å². The molecule has 0 amide bonds. The molecule has 2 nitrogen and oxygen atoms in total. The topological polar surface area (TPSA) is 37.3 Å². The second-order valence-electron chi connectivity index (χ2n) is 2.75. The zero-order valence-electron chi connectivity index (χ0n) is 6.01. The largest absolute Gasteiger partial charge is 0.481 e. The minimum Gasteiger partial charge on any atom is -0.481 e. The van der Waals surface area contributed by atoms with E-state index in [1.807, 2.05) is 0 Å². The zero-order chi connectivity index (χ0) is 9.35. The first kappa shape index (κ1) is 9.09. The Hall–Kier alpha value is -1.00. The van der Waals surface area contributed by atoms with Crippen LogP contribution in [0.25, 0.3) is 0 Å². The highest BCUT2D eigenvalue weighted by Crippen LogP contribution is 2.40. The van der Waals surface area contributed by atoms with E-state index in [2.05, 4.69) is 0 Å². The van der Waals surface area contributed by atoms with E-state index in [1.54, 1.807) is 0 Å². The van der Waals surface area contributed by atoms with Gasteiger partial charge in [-0.3, -0.25) is 4.79 Å². The summed E-state index contributed by atoms with van der Waals surface area (Å²) in [4.78, 5) is 10.2. The van der Waals surface area contributed by atoms with E-state index >= 15 is 0 Å². The number of aliphatic carboxylic acids is 1. The molecule has 0 heterocycles. The molecule has 1 fully saturated rings. The molecule has 1 aliphatic rings. The number of rotatable bonds is 2. The first-order valence-corrected chi connectivity index (χ1v) is 3.39. The summed E-state index contributed by atoms with van der Waals surface area (Å²) in [5, 5.41) is 8.34. The van der Waals surface area contributed by atoms with Crippen molar-refractivity contribution in [2.75, 3.05) is 0 Å². The highest BCUT2D eigenvalue weighted by atomic mass is 19.4. The van der Waals surface area contributed by atoms with Crippen molar-refractivity contribution in [3.63, 3.8) is 0 Å². The van der Waals surface area contributed by atoms with Gasteiger partial charge >= 0.3 is 12.1 Å². The highest BCUT2D eigenvalue weighted by Gasteiger charge is 2.42. The molecular weight excluding hydrogens is 173 g/mol. The molecule has 2 unspecified atom stereocenters. The van der Waals surface area contributed by atoms with Gasteiger partial charge in [-0.05, 0) is 12.3 Å². The molecule has 0 aromatic heterocycles. The molecule has 0 aliphatic heterocycles. The number of halogens is 3. The van der Waals surface area contributed by atoms with E-state index in [4.69, 9.17) is 5.11 Å². The van der Waals surface area contributed by atoms with Crippen molar-refractivity contribution in [2.45, 2.75) is 12.6 Å². The molecule has 12 heavy (non-hydrogen) atoms. The third-order valence-electron chi connectivity index (χ3n) is 1.69. The quantitative estimate of drug-likeness (QED) is 0.658. The highest BCUT2D eigenvalue weighted by molar-refractivity contribution is 5.73. The first-order chi connectivity index (χ1) is 5.40. The molecule has 0 bridgehead atoms. The van der Waals surface area contributed by atoms with Gasteiger partial charge in [-0.25, -0.2) is 0 Å². The monoisotopic (exact) mass is 180 g/mol. The standard InChI is InChI=1S/C7H7F3O2/c8-7(9,10)2-1-4-3-5(4)6(11)12/h1-2,4-5H,3H2,(H,11,12). The van der Waals surface area contributed by atoms with Crippen molar-refractivity contribution in [1.29, 1.82) is 0 Å². The molecule has 1 rings (SSSR count). The van der Waals surface area contributed by atoms with Crippen LogP contribution in [0.5, 0.6) is 0 Å². The van der Waals surface area contributed by atoms with Crippen molar-refractivity contribution in [1.82, 2.24) is 0 Å². The maximum absolute atomic E-state index is 11.5. The van der Waals surface area contributed by atoms with Gasteiger partial charge < -0.3 is 5.11 Å². The smallest absolute Gasteiger partial charge is 0.409 e. The van der Waals surface area contributed by atoms with Crippen LogP contribution in [-0.2, 0) is 4.79 Å². The fourth-order valence-corrected chi connectivity index (χ4v) is 0.944. The molecule has 5 heteroatoms. The van der Waals surface area contributed by atoms with Crippen LogP contribution in [0.1, 0.15) is 6.42 Å². The summed E-state index contributed by atoms with van der Waals surface area (Å²) < 4.78 is 34.6. The van der Waals surface area contributed by atoms with Crippen LogP contribution in [-0.4, -0.2) is 17.3 Å². The maximum Gasteiger partial charge on any atom is 0.409 e. The number of alkyl halides is 3. The van der Waals surface area contributed by atoms with Crippen LogP contribution >= 0.6 is 0 Å². The van der Waals surface area contributed by atoms with Crippen LogP contribution in [0.15, 0.2) is 12.2 Å². The molecule has 1 saturated carbocycles. The van der Waals surface area contributed by atoms with E-state index in [-0.39, 0.29) is 6.08 Å². The van der Waals surface area contributed by atoms with E-state index in [9.17, 15) is 18.0 Å². The summed E-state index contributed by atoms with van der Waals surface area (Å²) in [6.45, 7) is 0. The lowest BCUT2D eigenvalue weighted by Crippen LogP contribution is -2.02. The summed E-state index contributed by atoms with van der Waals surface area (Å²) in [7, 11) is 0. The Labute approximate surface area is 66.7 Å². The lowest BCUT2D eigenvalue weighted by Gasteiger charge is -1.95. The Morgan fingerprint density at radius 2 is 2.08 bits per heavy atom. The Balaban J connectivity index is 2.37. The number of carbonyl (C=O) groups is 1. The minimum absolute atomic E-state index is 0.0978. The molecule has 68 valence electrons. The van der Waals surface area contributed by atoms with Gasteiger partial charge in [-0.2, -0.15) is 13.2 Å². The van der Waals surface area contributed by atoms with Gasteiger partial charge in [0, 0.05) is 6.08 Å². The summed E-state index contributed by atoms with van der Waals surface area (Å²) in [6, 6.07) is 0. The number of hydrogen-bond donors (Lipinski definition) is 1. The Morgan fingerprint density at radius 1 is 1.50 bits per heavy atom. The molecule has 0 aromatic carbocycles. The van der Waals surface area contributed by atoms with E-state index < -0.39 is 24.0 Å². The van der Waals surface area contributed by atoms with Gasteiger partial charge in [0.1, 0.15) is 0 Å².